The van der Waals surface area contributed by atoms with Gasteiger partial charge in [-0.15, -0.1) is 6.58 Å². The van der Waals surface area contributed by atoms with Gasteiger partial charge < -0.3 is 5.11 Å². The molecule has 17 heavy (non-hydrogen) atoms. The van der Waals surface area contributed by atoms with Crippen LogP contribution in [0.3, 0.4) is 0 Å². The molecule has 2 rings (SSSR count). The van der Waals surface area contributed by atoms with Crippen molar-refractivity contribution in [2.45, 2.75) is 30.9 Å². The lowest BCUT2D eigenvalue weighted by atomic mass is 9.88. The van der Waals surface area contributed by atoms with Crippen LogP contribution >= 0.6 is 0 Å². The molecule has 1 aliphatic rings. The maximum Gasteiger partial charge on any atom is 0.105 e. The van der Waals surface area contributed by atoms with E-state index >= 15 is 0 Å². The van der Waals surface area contributed by atoms with Gasteiger partial charge in [0.1, 0.15) is 5.60 Å². The van der Waals surface area contributed by atoms with Crippen molar-refractivity contribution in [3.05, 3.63) is 48.6 Å². The first-order chi connectivity index (χ1) is 8.18. The molecule has 2 heteroatoms. The van der Waals surface area contributed by atoms with Crippen LogP contribution in [0.2, 0.25) is 0 Å². The van der Waals surface area contributed by atoms with E-state index < -0.39 is 5.60 Å². The topological polar surface area (TPSA) is 23.5 Å². The molecule has 2 atom stereocenters. The number of nitrogens with zero attached hydrogens (tertiary/aromatic N) is 1. The van der Waals surface area contributed by atoms with Gasteiger partial charge in [0, 0.05) is 12.6 Å². The van der Waals surface area contributed by atoms with Crippen molar-refractivity contribution >= 4 is 0 Å². The Hall–Kier alpha value is -1.12. The van der Waals surface area contributed by atoms with Gasteiger partial charge in [0.15, 0.2) is 0 Å². The van der Waals surface area contributed by atoms with E-state index in [0.29, 0.717) is 0 Å². The summed E-state index contributed by atoms with van der Waals surface area (Å²) >= 11 is 0. The molecule has 2 nitrogen and oxygen atoms in total. The fourth-order valence-electron chi connectivity index (χ4n) is 2.95. The molecule has 1 unspecified atom stereocenters. The molecule has 0 heterocycles. The molecule has 0 saturated heterocycles. The van der Waals surface area contributed by atoms with Crippen LogP contribution in [0.4, 0.5) is 0 Å². The van der Waals surface area contributed by atoms with Gasteiger partial charge in [-0.3, -0.25) is 4.90 Å². The van der Waals surface area contributed by atoms with E-state index in [2.05, 4.69) is 18.5 Å². The van der Waals surface area contributed by atoms with Crippen molar-refractivity contribution in [1.29, 1.82) is 0 Å². The summed E-state index contributed by atoms with van der Waals surface area (Å²) in [7, 11) is 2.06. The third-order valence-electron chi connectivity index (χ3n) is 3.81. The Morgan fingerprint density at radius 3 is 2.82 bits per heavy atom. The Labute approximate surface area is 104 Å². The van der Waals surface area contributed by atoms with E-state index in [4.69, 9.17) is 0 Å². The molecule has 92 valence electrons. The predicted molar refractivity (Wildman–Crippen MR) is 70.8 cm³/mol. The fourth-order valence-corrected chi connectivity index (χ4v) is 2.95. The van der Waals surface area contributed by atoms with Crippen molar-refractivity contribution < 1.29 is 5.11 Å². The summed E-state index contributed by atoms with van der Waals surface area (Å²) in [6.45, 7) is 4.59. The second-order valence-corrected chi connectivity index (χ2v) is 4.93. The summed E-state index contributed by atoms with van der Waals surface area (Å²) in [5, 5.41) is 10.9. The Kier molecular flexibility index (Phi) is 3.65. The molecule has 0 amide bonds. The summed E-state index contributed by atoms with van der Waals surface area (Å²) in [5.41, 5.74) is 0.345. The van der Waals surface area contributed by atoms with Crippen molar-refractivity contribution in [3.63, 3.8) is 0 Å². The Balaban J connectivity index is 2.26. The molecule has 1 aromatic carbocycles. The van der Waals surface area contributed by atoms with Crippen LogP contribution in [0, 0.1) is 0 Å². The predicted octanol–water partition coefficient (Wildman–Crippen LogP) is 2.54. The Morgan fingerprint density at radius 2 is 2.18 bits per heavy atom. The molecular formula is C15H21NO. The van der Waals surface area contributed by atoms with Gasteiger partial charge in [-0.25, -0.2) is 0 Å². The van der Waals surface area contributed by atoms with Gasteiger partial charge in [0.25, 0.3) is 0 Å². The van der Waals surface area contributed by atoms with Gasteiger partial charge in [0.05, 0.1) is 0 Å². The molecule has 0 radical (unpaired) electrons. The van der Waals surface area contributed by atoms with Crippen LogP contribution in [0.1, 0.15) is 24.8 Å². The number of likely N-dealkylation sites (N-methyl/N-ethyl adjacent to an activating group) is 1. The number of hydrogen-bond acceptors (Lipinski definition) is 2. The largest absolute Gasteiger partial charge is 0.384 e. The first kappa shape index (κ1) is 12.3. The first-order valence-corrected chi connectivity index (χ1v) is 6.27. The average Bonchev–Trinajstić information content (AvgIpc) is 2.74. The Bertz CT molecular complexity index is 376. The standard InChI is InChI=1S/C15H21NO/c1-3-12-16(2)14-10-7-11-15(14,17)13-8-5-4-6-9-13/h3-6,8-9,14,17H,1,7,10-12H2,2H3/t14-,15?/m0/s1. The smallest absolute Gasteiger partial charge is 0.105 e. The molecule has 1 N–H and O–H groups in total. The number of aliphatic hydroxyl groups is 1. The average molecular weight is 231 g/mol. The zero-order valence-corrected chi connectivity index (χ0v) is 10.5. The molecule has 1 saturated carbocycles. The number of benzene rings is 1. The molecule has 0 aromatic heterocycles. The summed E-state index contributed by atoms with van der Waals surface area (Å²) in [6, 6.07) is 10.2. The van der Waals surface area contributed by atoms with E-state index in [1.54, 1.807) is 0 Å². The Morgan fingerprint density at radius 1 is 1.47 bits per heavy atom. The van der Waals surface area contributed by atoms with E-state index in [9.17, 15) is 5.11 Å². The minimum Gasteiger partial charge on any atom is -0.384 e. The minimum absolute atomic E-state index is 0.197. The lowest BCUT2D eigenvalue weighted by molar-refractivity contribution is -0.0217. The van der Waals surface area contributed by atoms with Crippen LogP contribution in [0.15, 0.2) is 43.0 Å². The lowest BCUT2D eigenvalue weighted by Gasteiger charge is -2.36. The number of hydrogen-bond donors (Lipinski definition) is 1. The number of rotatable bonds is 4. The zero-order chi connectivity index (χ0) is 12.3. The highest BCUT2D eigenvalue weighted by atomic mass is 16.3. The van der Waals surface area contributed by atoms with E-state index in [-0.39, 0.29) is 6.04 Å². The van der Waals surface area contributed by atoms with E-state index in [1.807, 2.05) is 36.4 Å². The monoisotopic (exact) mass is 231 g/mol. The molecule has 0 aliphatic heterocycles. The van der Waals surface area contributed by atoms with Crippen LogP contribution < -0.4 is 0 Å². The molecule has 0 spiro atoms. The third kappa shape index (κ3) is 2.28. The summed E-state index contributed by atoms with van der Waals surface area (Å²) in [6.07, 6.45) is 4.88. The van der Waals surface area contributed by atoms with Gasteiger partial charge in [-0.05, 0) is 31.9 Å². The van der Waals surface area contributed by atoms with Crippen molar-refractivity contribution in [3.8, 4) is 0 Å². The summed E-state index contributed by atoms with van der Waals surface area (Å²) in [4.78, 5) is 2.20. The quantitative estimate of drug-likeness (QED) is 0.805. The van der Waals surface area contributed by atoms with Gasteiger partial charge in [-0.2, -0.15) is 0 Å². The molecular weight excluding hydrogens is 210 g/mol. The summed E-state index contributed by atoms with van der Waals surface area (Å²) < 4.78 is 0. The SMILES string of the molecule is C=CCN(C)[C@H]1CCCC1(O)c1ccccc1. The molecule has 1 aromatic rings. The highest BCUT2D eigenvalue weighted by Gasteiger charge is 2.44. The summed E-state index contributed by atoms with van der Waals surface area (Å²) in [5.74, 6) is 0. The second kappa shape index (κ2) is 5.03. The zero-order valence-electron chi connectivity index (χ0n) is 10.5. The van der Waals surface area contributed by atoms with Crippen LogP contribution in [-0.4, -0.2) is 29.6 Å². The van der Waals surface area contributed by atoms with Crippen molar-refractivity contribution in [2.24, 2.45) is 0 Å². The molecule has 1 fully saturated rings. The van der Waals surface area contributed by atoms with Crippen LogP contribution in [-0.2, 0) is 5.60 Å². The fraction of sp³-hybridized carbons (Fsp3) is 0.467. The van der Waals surface area contributed by atoms with Crippen LogP contribution in [0.25, 0.3) is 0 Å². The van der Waals surface area contributed by atoms with Crippen LogP contribution in [0.5, 0.6) is 0 Å². The highest BCUT2D eigenvalue weighted by Crippen LogP contribution is 2.41. The van der Waals surface area contributed by atoms with Gasteiger partial charge in [-0.1, -0.05) is 36.4 Å². The molecule has 0 bridgehead atoms. The van der Waals surface area contributed by atoms with E-state index in [0.717, 1.165) is 31.4 Å². The maximum atomic E-state index is 10.9. The lowest BCUT2D eigenvalue weighted by Crippen LogP contribution is -2.45. The van der Waals surface area contributed by atoms with E-state index in [1.165, 1.54) is 0 Å². The molecule has 1 aliphatic carbocycles. The first-order valence-electron chi connectivity index (χ1n) is 6.27. The maximum absolute atomic E-state index is 10.9. The minimum atomic E-state index is -0.695. The van der Waals surface area contributed by atoms with Gasteiger partial charge >= 0.3 is 0 Å². The van der Waals surface area contributed by atoms with Crippen molar-refractivity contribution in [2.75, 3.05) is 13.6 Å². The normalized spacial score (nSPS) is 28.5. The van der Waals surface area contributed by atoms with Gasteiger partial charge in [0.2, 0.25) is 0 Å². The second-order valence-electron chi connectivity index (χ2n) is 4.93. The highest BCUT2D eigenvalue weighted by molar-refractivity contribution is 5.26. The third-order valence-corrected chi connectivity index (χ3v) is 3.81. The van der Waals surface area contributed by atoms with Crippen molar-refractivity contribution in [1.82, 2.24) is 4.90 Å².